The normalized spacial score (nSPS) is 15.1. The van der Waals surface area contributed by atoms with Crippen LogP contribution in [0.4, 0.5) is 0 Å². The first-order chi connectivity index (χ1) is 15.3. The standard InChI is InChI=1S/C25H26N2O4S/c1-19-6-8-21(9-7-19)24(28)12-13-25(29)26-14-16-27(17-15-26)32(30,31)23-11-10-20-4-2-3-5-22(20)18-23/h2-11,18H,12-17H2,1H3. The first kappa shape index (κ1) is 22.2. The van der Waals surface area contributed by atoms with E-state index >= 15 is 0 Å². The number of hydrogen-bond donors (Lipinski definition) is 0. The zero-order valence-corrected chi connectivity index (χ0v) is 18.8. The molecule has 3 aromatic rings. The van der Waals surface area contributed by atoms with Gasteiger partial charge in [-0.25, -0.2) is 8.42 Å². The van der Waals surface area contributed by atoms with Gasteiger partial charge in [0.05, 0.1) is 4.90 Å². The first-order valence-corrected chi connectivity index (χ1v) is 12.2. The minimum Gasteiger partial charge on any atom is -0.340 e. The highest BCUT2D eigenvalue weighted by atomic mass is 32.2. The van der Waals surface area contributed by atoms with Crippen molar-refractivity contribution in [2.24, 2.45) is 0 Å². The van der Waals surface area contributed by atoms with Crippen LogP contribution < -0.4 is 0 Å². The molecular weight excluding hydrogens is 424 g/mol. The zero-order valence-electron chi connectivity index (χ0n) is 18.0. The average molecular weight is 451 g/mol. The molecule has 1 saturated heterocycles. The van der Waals surface area contributed by atoms with Crippen LogP contribution in [0.3, 0.4) is 0 Å². The van der Waals surface area contributed by atoms with Crippen molar-refractivity contribution < 1.29 is 18.0 Å². The molecule has 0 atom stereocenters. The van der Waals surface area contributed by atoms with E-state index in [0.29, 0.717) is 18.7 Å². The molecule has 32 heavy (non-hydrogen) atoms. The van der Waals surface area contributed by atoms with Crippen LogP contribution in [0.2, 0.25) is 0 Å². The number of ketones is 1. The van der Waals surface area contributed by atoms with Crippen molar-refractivity contribution in [1.29, 1.82) is 0 Å². The molecular formula is C25H26N2O4S. The molecule has 7 heteroatoms. The van der Waals surface area contributed by atoms with E-state index in [0.717, 1.165) is 16.3 Å². The highest BCUT2D eigenvalue weighted by Crippen LogP contribution is 2.23. The van der Waals surface area contributed by atoms with Crippen molar-refractivity contribution in [2.75, 3.05) is 26.2 Å². The quantitative estimate of drug-likeness (QED) is 0.538. The van der Waals surface area contributed by atoms with E-state index in [1.807, 2.05) is 49.4 Å². The van der Waals surface area contributed by atoms with Gasteiger partial charge in [0, 0.05) is 44.6 Å². The monoisotopic (exact) mass is 450 g/mol. The van der Waals surface area contributed by atoms with E-state index in [9.17, 15) is 18.0 Å². The first-order valence-electron chi connectivity index (χ1n) is 10.7. The summed E-state index contributed by atoms with van der Waals surface area (Å²) in [6.07, 6.45) is 0.279. The third kappa shape index (κ3) is 4.74. The van der Waals surface area contributed by atoms with Gasteiger partial charge in [-0.3, -0.25) is 9.59 Å². The molecule has 1 amide bonds. The highest BCUT2D eigenvalue weighted by Gasteiger charge is 2.30. The van der Waals surface area contributed by atoms with Crippen molar-refractivity contribution in [1.82, 2.24) is 9.21 Å². The van der Waals surface area contributed by atoms with Crippen LogP contribution in [0.1, 0.15) is 28.8 Å². The molecule has 0 aliphatic carbocycles. The maximum absolute atomic E-state index is 13.1. The van der Waals surface area contributed by atoms with Gasteiger partial charge in [0.25, 0.3) is 0 Å². The molecule has 0 aromatic heterocycles. The van der Waals surface area contributed by atoms with Crippen LogP contribution in [0, 0.1) is 6.92 Å². The summed E-state index contributed by atoms with van der Waals surface area (Å²) in [5.41, 5.74) is 1.68. The molecule has 0 spiro atoms. The van der Waals surface area contributed by atoms with Gasteiger partial charge in [0.15, 0.2) is 5.78 Å². The topological polar surface area (TPSA) is 74.8 Å². The Labute approximate surface area is 188 Å². The molecule has 0 radical (unpaired) electrons. The molecule has 166 valence electrons. The van der Waals surface area contributed by atoms with E-state index in [1.54, 1.807) is 29.2 Å². The van der Waals surface area contributed by atoms with Crippen LogP contribution in [-0.4, -0.2) is 55.5 Å². The Morgan fingerprint density at radius 2 is 1.47 bits per heavy atom. The van der Waals surface area contributed by atoms with E-state index in [-0.39, 0.29) is 42.5 Å². The molecule has 0 saturated carbocycles. The lowest BCUT2D eigenvalue weighted by molar-refractivity contribution is -0.132. The molecule has 0 bridgehead atoms. The van der Waals surface area contributed by atoms with Crippen molar-refractivity contribution in [2.45, 2.75) is 24.7 Å². The number of amides is 1. The summed E-state index contributed by atoms with van der Waals surface area (Å²) in [6, 6.07) is 20.1. The minimum absolute atomic E-state index is 0.0594. The summed E-state index contributed by atoms with van der Waals surface area (Å²) in [5, 5.41) is 1.86. The van der Waals surface area contributed by atoms with Crippen LogP contribution >= 0.6 is 0 Å². The van der Waals surface area contributed by atoms with Gasteiger partial charge < -0.3 is 4.90 Å². The number of piperazine rings is 1. The lowest BCUT2D eigenvalue weighted by Gasteiger charge is -2.34. The lowest BCUT2D eigenvalue weighted by Crippen LogP contribution is -2.50. The molecule has 0 N–H and O–H groups in total. The number of hydrogen-bond acceptors (Lipinski definition) is 4. The number of benzene rings is 3. The van der Waals surface area contributed by atoms with Crippen molar-refractivity contribution in [3.8, 4) is 0 Å². The Bertz CT molecular complexity index is 1240. The number of fused-ring (bicyclic) bond motifs is 1. The van der Waals surface area contributed by atoms with Crippen LogP contribution in [0.5, 0.6) is 0 Å². The average Bonchev–Trinajstić information content (AvgIpc) is 2.82. The van der Waals surface area contributed by atoms with Gasteiger partial charge in [-0.2, -0.15) is 4.31 Å². The molecule has 6 nitrogen and oxygen atoms in total. The summed E-state index contributed by atoms with van der Waals surface area (Å²) < 4.78 is 27.6. The van der Waals surface area contributed by atoms with Gasteiger partial charge >= 0.3 is 0 Å². The Kier molecular flexibility index (Phi) is 6.39. The third-order valence-corrected chi connectivity index (χ3v) is 7.78. The van der Waals surface area contributed by atoms with Crippen molar-refractivity contribution in [3.63, 3.8) is 0 Å². The molecule has 3 aromatic carbocycles. The molecule has 1 aliphatic heterocycles. The predicted molar refractivity (Wildman–Crippen MR) is 124 cm³/mol. The second kappa shape index (κ2) is 9.22. The number of sulfonamides is 1. The zero-order chi connectivity index (χ0) is 22.7. The van der Waals surface area contributed by atoms with E-state index in [1.165, 1.54) is 4.31 Å². The van der Waals surface area contributed by atoms with Crippen molar-refractivity contribution >= 4 is 32.5 Å². The molecule has 4 rings (SSSR count). The molecule has 0 unspecified atom stereocenters. The minimum atomic E-state index is -3.63. The summed E-state index contributed by atoms with van der Waals surface area (Å²) in [4.78, 5) is 26.8. The summed E-state index contributed by atoms with van der Waals surface area (Å²) in [7, 11) is -3.63. The number of carbonyl (C=O) groups is 2. The predicted octanol–water partition coefficient (Wildman–Crippen LogP) is 3.64. The van der Waals surface area contributed by atoms with Gasteiger partial charge in [-0.15, -0.1) is 0 Å². The number of carbonyl (C=O) groups excluding carboxylic acids is 2. The fourth-order valence-electron chi connectivity index (χ4n) is 3.92. The van der Waals surface area contributed by atoms with E-state index in [4.69, 9.17) is 0 Å². The molecule has 1 fully saturated rings. The van der Waals surface area contributed by atoms with Crippen LogP contribution in [-0.2, 0) is 14.8 Å². The van der Waals surface area contributed by atoms with Crippen LogP contribution in [0.25, 0.3) is 10.8 Å². The maximum atomic E-state index is 13.1. The fraction of sp³-hybridized carbons (Fsp3) is 0.280. The summed E-state index contributed by atoms with van der Waals surface area (Å²) in [6.45, 7) is 3.09. The number of rotatable bonds is 6. The summed E-state index contributed by atoms with van der Waals surface area (Å²) >= 11 is 0. The Morgan fingerprint density at radius 3 is 2.16 bits per heavy atom. The fourth-order valence-corrected chi connectivity index (χ4v) is 5.38. The van der Waals surface area contributed by atoms with Crippen LogP contribution in [0.15, 0.2) is 71.6 Å². The van der Waals surface area contributed by atoms with E-state index in [2.05, 4.69) is 0 Å². The summed E-state index contributed by atoms with van der Waals surface area (Å²) in [5.74, 6) is -0.177. The van der Waals surface area contributed by atoms with Gasteiger partial charge in [0.2, 0.25) is 15.9 Å². The third-order valence-electron chi connectivity index (χ3n) is 5.89. The highest BCUT2D eigenvalue weighted by molar-refractivity contribution is 7.89. The van der Waals surface area contributed by atoms with Gasteiger partial charge in [0.1, 0.15) is 0 Å². The van der Waals surface area contributed by atoms with Gasteiger partial charge in [-0.05, 0) is 29.8 Å². The number of Topliss-reactive ketones (excluding diaryl/α,β-unsaturated/α-hetero) is 1. The SMILES string of the molecule is Cc1ccc(C(=O)CCC(=O)N2CCN(S(=O)(=O)c3ccc4ccccc4c3)CC2)cc1. The second-order valence-electron chi connectivity index (χ2n) is 8.08. The Morgan fingerprint density at radius 1 is 0.812 bits per heavy atom. The molecule has 1 aliphatic rings. The maximum Gasteiger partial charge on any atom is 0.243 e. The number of nitrogens with zero attached hydrogens (tertiary/aromatic N) is 2. The van der Waals surface area contributed by atoms with E-state index < -0.39 is 10.0 Å². The van der Waals surface area contributed by atoms with Crippen molar-refractivity contribution in [3.05, 3.63) is 77.9 Å². The van der Waals surface area contributed by atoms with Gasteiger partial charge in [-0.1, -0.05) is 60.2 Å². The smallest absolute Gasteiger partial charge is 0.243 e. The number of aryl methyl sites for hydroxylation is 1. The Hall–Kier alpha value is -3.03. The second-order valence-corrected chi connectivity index (χ2v) is 10.0. The Balaban J connectivity index is 1.34. The molecule has 1 heterocycles. The lowest BCUT2D eigenvalue weighted by atomic mass is 10.0. The largest absolute Gasteiger partial charge is 0.340 e.